The number of nitrogens with one attached hydrogen (secondary N) is 1. The third-order valence-electron chi connectivity index (χ3n) is 4.68. The van der Waals surface area contributed by atoms with Crippen LogP contribution in [0.1, 0.15) is 16.8 Å². The van der Waals surface area contributed by atoms with Crippen molar-refractivity contribution in [3.8, 4) is 0 Å². The Bertz CT molecular complexity index is 937. The molecule has 3 aromatic rings. The number of ether oxygens (including phenoxy) is 1. The second-order valence-electron chi connectivity index (χ2n) is 6.97. The van der Waals surface area contributed by atoms with Crippen molar-refractivity contribution in [2.24, 2.45) is 0 Å². The van der Waals surface area contributed by atoms with Crippen LogP contribution in [0.2, 0.25) is 0 Å². The lowest BCUT2D eigenvalue weighted by Gasteiger charge is -2.24. The van der Waals surface area contributed by atoms with Gasteiger partial charge in [-0.05, 0) is 42.8 Å². The van der Waals surface area contributed by atoms with Crippen molar-refractivity contribution in [3.05, 3.63) is 89.5 Å². The topological polar surface area (TPSA) is 46.5 Å². The number of hydrogen-bond donors (Lipinski definition) is 1. The molecule has 1 aromatic heterocycles. The van der Waals surface area contributed by atoms with Crippen LogP contribution < -0.4 is 5.32 Å². The first-order valence-corrected chi connectivity index (χ1v) is 9.55. The summed E-state index contributed by atoms with van der Waals surface area (Å²) < 4.78 is 20.7. The number of aryl methyl sites for hydroxylation is 1. The number of anilines is 1. The second-order valence-corrected chi connectivity index (χ2v) is 6.97. The summed E-state index contributed by atoms with van der Waals surface area (Å²) >= 11 is 0. The second kappa shape index (κ2) is 9.89. The predicted octanol–water partition coefficient (Wildman–Crippen LogP) is 4.66. The number of urea groups is 1. The Morgan fingerprint density at radius 3 is 2.66 bits per heavy atom. The number of methoxy groups -OCH3 is 1. The van der Waals surface area contributed by atoms with Gasteiger partial charge in [0, 0.05) is 37.8 Å². The Balaban J connectivity index is 1.72. The first kappa shape index (κ1) is 20.6. The molecule has 1 N–H and O–H groups in total. The molecule has 1 heterocycles. The Morgan fingerprint density at radius 2 is 1.93 bits per heavy atom. The van der Waals surface area contributed by atoms with Crippen molar-refractivity contribution < 1.29 is 13.9 Å². The smallest absolute Gasteiger partial charge is 0.322 e. The summed E-state index contributed by atoms with van der Waals surface area (Å²) in [6.07, 6.45) is 2.01. The lowest BCUT2D eigenvalue weighted by molar-refractivity contribution is 0.152. The van der Waals surface area contributed by atoms with Gasteiger partial charge in [-0.3, -0.25) is 0 Å². The van der Waals surface area contributed by atoms with Crippen molar-refractivity contribution in [2.45, 2.75) is 20.0 Å². The molecule has 0 aliphatic heterocycles. The molecule has 0 aliphatic rings. The number of benzene rings is 2. The van der Waals surface area contributed by atoms with E-state index in [4.69, 9.17) is 4.74 Å². The fraction of sp³-hybridized carbons (Fsp3) is 0.261. The largest absolute Gasteiger partial charge is 0.383 e. The van der Waals surface area contributed by atoms with E-state index in [0.717, 1.165) is 12.2 Å². The Kier molecular flexibility index (Phi) is 7.03. The zero-order chi connectivity index (χ0) is 20.6. The van der Waals surface area contributed by atoms with E-state index in [1.54, 1.807) is 24.1 Å². The van der Waals surface area contributed by atoms with Gasteiger partial charge in [-0.15, -0.1) is 0 Å². The van der Waals surface area contributed by atoms with Crippen molar-refractivity contribution in [1.82, 2.24) is 9.47 Å². The van der Waals surface area contributed by atoms with Crippen LogP contribution in [0.3, 0.4) is 0 Å². The minimum atomic E-state index is -0.391. The van der Waals surface area contributed by atoms with Crippen LogP contribution in [0.15, 0.2) is 66.9 Å². The van der Waals surface area contributed by atoms with Gasteiger partial charge in [0.15, 0.2) is 0 Å². The summed E-state index contributed by atoms with van der Waals surface area (Å²) in [5.74, 6) is -0.391. The molecular weight excluding hydrogens is 369 g/mol. The number of rotatable bonds is 8. The normalized spacial score (nSPS) is 10.7. The third kappa shape index (κ3) is 5.93. The van der Waals surface area contributed by atoms with Crippen LogP contribution in [0.25, 0.3) is 0 Å². The van der Waals surface area contributed by atoms with Gasteiger partial charge in [0.1, 0.15) is 5.82 Å². The first-order chi connectivity index (χ1) is 14.0. The van der Waals surface area contributed by atoms with Gasteiger partial charge in [0.25, 0.3) is 0 Å². The fourth-order valence-electron chi connectivity index (χ4n) is 3.06. The highest BCUT2D eigenvalue weighted by Gasteiger charge is 2.16. The highest BCUT2D eigenvalue weighted by molar-refractivity contribution is 5.89. The van der Waals surface area contributed by atoms with Gasteiger partial charge < -0.3 is 19.5 Å². The van der Waals surface area contributed by atoms with Crippen LogP contribution in [0, 0.1) is 12.7 Å². The van der Waals surface area contributed by atoms with Crippen molar-refractivity contribution >= 4 is 11.7 Å². The highest BCUT2D eigenvalue weighted by Crippen LogP contribution is 2.14. The average Bonchev–Trinajstić information content (AvgIpc) is 3.13. The van der Waals surface area contributed by atoms with Gasteiger partial charge in [-0.25, -0.2) is 9.18 Å². The van der Waals surface area contributed by atoms with Crippen molar-refractivity contribution in [1.29, 1.82) is 0 Å². The number of halogens is 1. The van der Waals surface area contributed by atoms with Gasteiger partial charge in [0.05, 0.1) is 13.2 Å². The molecule has 2 aromatic carbocycles. The number of nitrogens with zero attached hydrogens (tertiary/aromatic N) is 2. The summed E-state index contributed by atoms with van der Waals surface area (Å²) in [6, 6.07) is 18.0. The van der Waals surface area contributed by atoms with Gasteiger partial charge in [-0.2, -0.15) is 0 Å². The summed E-state index contributed by atoms with van der Waals surface area (Å²) in [4.78, 5) is 14.5. The molecule has 152 valence electrons. The molecule has 6 heteroatoms. The monoisotopic (exact) mass is 395 g/mol. The van der Waals surface area contributed by atoms with Crippen LogP contribution in [0.4, 0.5) is 14.9 Å². The molecule has 0 spiro atoms. The molecule has 0 unspecified atom stereocenters. The lowest BCUT2D eigenvalue weighted by atomic mass is 10.1. The molecule has 29 heavy (non-hydrogen) atoms. The third-order valence-corrected chi connectivity index (χ3v) is 4.68. The van der Waals surface area contributed by atoms with E-state index in [1.165, 1.54) is 23.3 Å². The van der Waals surface area contributed by atoms with Gasteiger partial charge >= 0.3 is 6.03 Å². The number of aromatic nitrogens is 1. The number of carbonyl (C=O) groups is 1. The van der Waals surface area contributed by atoms with Crippen LogP contribution >= 0.6 is 0 Å². The molecule has 0 radical (unpaired) electrons. The van der Waals surface area contributed by atoms with Gasteiger partial charge in [0.2, 0.25) is 0 Å². The van der Waals surface area contributed by atoms with Crippen LogP contribution in [-0.2, 0) is 17.8 Å². The molecule has 0 bridgehead atoms. The van der Waals surface area contributed by atoms with E-state index in [0.29, 0.717) is 25.4 Å². The standard InChI is InChI=1S/C23H26FN3O2/c1-18-8-10-19(11-9-18)16-26-12-4-7-22(26)17-27(13-14-29-2)23(28)25-21-6-3-5-20(24)15-21/h3-12,15H,13-14,16-17H2,1-2H3,(H,25,28). The van der Waals surface area contributed by atoms with E-state index in [2.05, 4.69) is 41.1 Å². The molecule has 0 fully saturated rings. The molecule has 2 amide bonds. The minimum absolute atomic E-state index is 0.296. The van der Waals surface area contributed by atoms with E-state index >= 15 is 0 Å². The molecule has 0 saturated heterocycles. The Hall–Kier alpha value is -3.12. The zero-order valence-corrected chi connectivity index (χ0v) is 16.8. The highest BCUT2D eigenvalue weighted by atomic mass is 19.1. The maximum absolute atomic E-state index is 13.4. The lowest BCUT2D eigenvalue weighted by Crippen LogP contribution is -2.37. The van der Waals surface area contributed by atoms with Crippen LogP contribution in [-0.4, -0.2) is 35.8 Å². The summed E-state index contributed by atoms with van der Waals surface area (Å²) in [5.41, 5.74) is 3.85. The van der Waals surface area contributed by atoms with Crippen molar-refractivity contribution in [2.75, 3.05) is 25.6 Å². The fourth-order valence-corrected chi connectivity index (χ4v) is 3.06. The molecule has 0 atom stereocenters. The molecular formula is C23H26FN3O2. The molecule has 3 rings (SSSR count). The zero-order valence-electron chi connectivity index (χ0n) is 16.8. The number of amides is 2. The quantitative estimate of drug-likeness (QED) is 0.603. The number of carbonyl (C=O) groups excluding carboxylic acids is 1. The maximum Gasteiger partial charge on any atom is 0.322 e. The molecule has 0 aliphatic carbocycles. The van der Waals surface area contributed by atoms with E-state index in [-0.39, 0.29) is 6.03 Å². The summed E-state index contributed by atoms with van der Waals surface area (Å²) in [6.45, 7) is 4.05. The Morgan fingerprint density at radius 1 is 1.14 bits per heavy atom. The Labute approximate surface area is 170 Å². The maximum atomic E-state index is 13.4. The molecule has 5 nitrogen and oxygen atoms in total. The number of hydrogen-bond acceptors (Lipinski definition) is 2. The van der Waals surface area contributed by atoms with E-state index < -0.39 is 5.82 Å². The summed E-state index contributed by atoms with van der Waals surface area (Å²) in [5, 5.41) is 2.76. The summed E-state index contributed by atoms with van der Waals surface area (Å²) in [7, 11) is 1.60. The molecule has 0 saturated carbocycles. The van der Waals surface area contributed by atoms with Crippen LogP contribution in [0.5, 0.6) is 0 Å². The minimum Gasteiger partial charge on any atom is -0.383 e. The first-order valence-electron chi connectivity index (χ1n) is 9.55. The van der Waals surface area contributed by atoms with Crippen molar-refractivity contribution in [3.63, 3.8) is 0 Å². The van der Waals surface area contributed by atoms with Gasteiger partial charge in [-0.1, -0.05) is 35.9 Å². The predicted molar refractivity (Wildman–Crippen MR) is 112 cm³/mol. The van der Waals surface area contributed by atoms with E-state index in [9.17, 15) is 9.18 Å². The average molecular weight is 395 g/mol. The van der Waals surface area contributed by atoms with E-state index in [1.807, 2.05) is 18.3 Å². The SMILES string of the molecule is COCCN(Cc1cccn1Cc1ccc(C)cc1)C(=O)Nc1cccc(F)c1.